The quantitative estimate of drug-likeness (QED) is 0.0586. The molecule has 0 spiro atoms. The van der Waals surface area contributed by atoms with Crippen LogP contribution in [-0.4, -0.2) is 174 Å². The van der Waals surface area contributed by atoms with Crippen LogP contribution in [0.15, 0.2) is 92.4 Å². The first-order valence-corrected chi connectivity index (χ1v) is 28.8. The molecule has 2 aliphatic carbocycles. The van der Waals surface area contributed by atoms with Crippen molar-refractivity contribution in [2.75, 3.05) is 60.3 Å². The Labute approximate surface area is 507 Å². The molecule has 3 aromatic carbocycles. The van der Waals surface area contributed by atoms with Crippen LogP contribution in [0.2, 0.25) is 0 Å². The highest BCUT2D eigenvalue weighted by Gasteiger charge is 2.60. The van der Waals surface area contributed by atoms with Crippen molar-refractivity contribution >= 4 is 52.2 Å². The number of para-hydroxylation sites is 1. The summed E-state index contributed by atoms with van der Waals surface area (Å²) in [5.41, 5.74) is 15.5. The van der Waals surface area contributed by atoms with E-state index < -0.39 is 48.1 Å². The summed E-state index contributed by atoms with van der Waals surface area (Å²) in [6, 6.07) is 13.1. The van der Waals surface area contributed by atoms with Crippen molar-refractivity contribution in [1.82, 2.24) is 24.9 Å². The molecule has 0 saturated carbocycles. The summed E-state index contributed by atoms with van der Waals surface area (Å²) in [6.45, 7) is 8.63. The van der Waals surface area contributed by atoms with Crippen LogP contribution in [0.4, 0.5) is 5.69 Å². The van der Waals surface area contributed by atoms with Gasteiger partial charge in [0.05, 0.1) is 70.3 Å². The maximum absolute atomic E-state index is 14.1. The number of hydrogen-bond acceptors (Lipinski definition) is 21. The number of hydrogen-bond donors (Lipinski definition) is 5. The minimum absolute atomic E-state index is 0. The number of ketones is 4. The van der Waals surface area contributed by atoms with E-state index in [2.05, 4.69) is 37.0 Å². The van der Waals surface area contributed by atoms with E-state index in [4.69, 9.17) is 24.7 Å². The normalized spacial score (nSPS) is 27.0. The van der Waals surface area contributed by atoms with Crippen LogP contribution >= 0.6 is 11.9 Å². The number of amides is 1. The molecule has 0 aromatic heterocycles. The number of Topliss-reactive ketones (excluding diaryl/α,β-unsaturated/α-hetero) is 4. The maximum atomic E-state index is 14.1. The van der Waals surface area contributed by atoms with Gasteiger partial charge in [-0.3, -0.25) is 48.6 Å². The number of aromatic hydroxyl groups is 2. The fourth-order valence-electron chi connectivity index (χ4n) is 14.8. The van der Waals surface area contributed by atoms with Gasteiger partial charge in [-0.05, 0) is 121 Å². The molecule has 6 heterocycles. The molecule has 4 bridgehead atoms. The third-order valence-electron chi connectivity index (χ3n) is 18.5. The first-order valence-electron chi connectivity index (χ1n) is 27.9. The topological polar surface area (TPSA) is 286 Å². The molecule has 22 heteroatoms. The second kappa shape index (κ2) is 25.2. The Balaban J connectivity index is 0.000000230. The number of allylic oxidation sites excluding steroid dienone is 4. The zero-order chi connectivity index (χ0) is 60.5. The predicted octanol–water partition coefficient (Wildman–Crippen LogP) is 6.17. The predicted molar refractivity (Wildman–Crippen MR) is 326 cm³/mol. The van der Waals surface area contributed by atoms with E-state index in [1.54, 1.807) is 26.3 Å². The van der Waals surface area contributed by atoms with Gasteiger partial charge in [-0.15, -0.1) is 0 Å². The van der Waals surface area contributed by atoms with Crippen molar-refractivity contribution in [3.63, 3.8) is 0 Å². The van der Waals surface area contributed by atoms with Crippen molar-refractivity contribution < 1.29 is 53.1 Å². The van der Waals surface area contributed by atoms with Crippen LogP contribution < -0.4 is 25.2 Å². The van der Waals surface area contributed by atoms with E-state index >= 15 is 0 Å². The van der Waals surface area contributed by atoms with Crippen LogP contribution in [0.5, 0.6) is 23.0 Å². The number of nitrogens with one attached hydrogen (secondary N) is 2. The number of aliphatic imine (C=N–C) groups is 1. The number of phenols is 2. The number of rotatable bonds is 12. The number of fused-ring (bicyclic) bond motifs is 12. The lowest BCUT2D eigenvalue weighted by Crippen LogP contribution is -2.71. The number of piperazine rings is 2. The molecule has 11 rings (SSSR count). The number of nitriles is 2. The van der Waals surface area contributed by atoms with Crippen LogP contribution in [0, 0.1) is 36.5 Å². The molecule has 1 amide bonds. The molecule has 11 atom stereocenters. The number of anilines is 1. The highest BCUT2D eigenvalue weighted by molar-refractivity contribution is 8.13. The van der Waals surface area contributed by atoms with Crippen molar-refractivity contribution in [1.29, 1.82) is 10.5 Å². The number of likely N-dealkylation sites (N-methyl/N-ethyl adjacent to an activating group) is 2. The van der Waals surface area contributed by atoms with E-state index in [1.807, 2.05) is 80.2 Å². The Morgan fingerprint density at radius 3 is 1.57 bits per heavy atom. The van der Waals surface area contributed by atoms with E-state index in [9.17, 15) is 44.7 Å². The van der Waals surface area contributed by atoms with Gasteiger partial charge in [0, 0.05) is 87.5 Å². The fourth-order valence-corrected chi connectivity index (χ4v) is 15.4. The lowest BCUT2D eigenvalue weighted by molar-refractivity contribution is -0.125. The monoisotopic (exact) mass is 1190 g/mol. The SMILES string of the molecule is C.C.COC1=C(C)C(=O)C2=C(C1=O)C(CN)N1C(C2)C2c3c(cc(C)c(OC)c3O)C[C@@H]([C@@H]1C#N)N2C.COC1=C(C)C(=O)C2=C(C1=O)[C@H](CNC(=O)C(C)N=CSNc1ccccc1)N1C(C2)C2c3c(cc(C)c(OC)c3O)C[C@@H]([C@@H]1C#N)N2C. The van der Waals surface area contributed by atoms with Crippen molar-refractivity contribution in [2.45, 2.75) is 142 Å². The summed E-state index contributed by atoms with van der Waals surface area (Å²) in [6.07, 6.45) is 1.46. The molecule has 21 nitrogen and oxygen atoms in total. The zero-order valence-electron chi connectivity index (χ0n) is 48.9. The van der Waals surface area contributed by atoms with Gasteiger partial charge < -0.3 is 44.9 Å². The van der Waals surface area contributed by atoms with E-state index in [-0.39, 0.29) is 128 Å². The molecule has 86 heavy (non-hydrogen) atoms. The van der Waals surface area contributed by atoms with Crippen LogP contribution in [0.3, 0.4) is 0 Å². The standard InChI is InChI=1S/C36H40N6O6S.C26H30N4O5.2CH4/c1-18-12-21-13-24-26(15-37)42-25(30(41(24)4)28(21)32(44)34(18)47-5)14-23-29(33(45)35(48-6)19(2)31(23)43)27(42)16-38-36(46)20(3)39-17-49-40-22-10-8-7-9-11-22;1-11-6-13-7-15-17(9-27)30-16(21(29(15)3)19(13)23(32)25(11)34-4)8-14-20(18(30)10-28)24(33)26(35-5)12(2)22(14)31;;/h7-12,17,20,24-27,30,40,44H,13-14,16H2,1-6H3,(H,38,46);6,15-18,21,32H,7-8,10,28H2,1-5H3;2*1H4/t20?,24-,25?,26-,27-,30?;15-,16?,17-,18?,21?;;/m00../s1. The van der Waals surface area contributed by atoms with Crippen molar-refractivity contribution in [3.05, 3.63) is 121 Å². The van der Waals surface area contributed by atoms with Gasteiger partial charge in [-0.1, -0.05) is 45.2 Å². The second-order valence-electron chi connectivity index (χ2n) is 22.6. The van der Waals surface area contributed by atoms with Gasteiger partial charge in [-0.25, -0.2) is 0 Å². The van der Waals surface area contributed by atoms with E-state index in [0.717, 1.165) is 33.5 Å². The fraction of sp³-hybridized carbons (Fsp3) is 0.469. The molecule has 6 aliphatic heterocycles. The smallest absolute Gasteiger partial charge is 0.244 e. The summed E-state index contributed by atoms with van der Waals surface area (Å²) in [7, 11) is 9.66. The van der Waals surface area contributed by atoms with Crippen molar-refractivity contribution in [3.8, 4) is 35.1 Å². The molecule has 8 aliphatic rings. The number of aryl methyl sites for hydroxylation is 2. The van der Waals surface area contributed by atoms with E-state index in [1.165, 1.54) is 40.4 Å². The first kappa shape index (κ1) is 64.2. The van der Waals surface area contributed by atoms with Gasteiger partial charge in [0.25, 0.3) is 0 Å². The maximum Gasteiger partial charge on any atom is 0.244 e. The Morgan fingerprint density at radius 2 is 1.15 bits per heavy atom. The van der Waals surface area contributed by atoms with Crippen LogP contribution in [0.25, 0.3) is 0 Å². The molecule has 0 radical (unpaired) electrons. The number of carbonyl (C=O) groups is 5. The highest BCUT2D eigenvalue weighted by atomic mass is 32.2. The van der Waals surface area contributed by atoms with Crippen LogP contribution in [-0.2, 0) is 46.3 Å². The Bertz CT molecular complexity index is 3550. The number of ether oxygens (including phenoxy) is 4. The molecule has 6 N–H and O–H groups in total. The van der Waals surface area contributed by atoms with Crippen molar-refractivity contribution in [2.24, 2.45) is 10.7 Å². The lowest BCUT2D eigenvalue weighted by atomic mass is 9.69. The van der Waals surface area contributed by atoms with E-state index in [0.29, 0.717) is 46.6 Å². The number of nitrogens with zero attached hydrogens (tertiary/aromatic N) is 7. The number of nitrogens with two attached hydrogens (primary N) is 1. The van der Waals surface area contributed by atoms with Gasteiger partial charge in [0.1, 0.15) is 18.1 Å². The number of phenolic OH excluding ortho intramolecular Hbond substituents is 2. The molecular weight excluding hydrogens is 1120 g/mol. The molecule has 3 aromatic rings. The number of methoxy groups -OCH3 is 4. The average Bonchev–Trinajstić information content (AvgIpc) is 0.723. The van der Waals surface area contributed by atoms with Gasteiger partial charge >= 0.3 is 0 Å². The second-order valence-corrected chi connectivity index (χ2v) is 23.2. The molecule has 2 saturated heterocycles. The third kappa shape index (κ3) is 10.1. The average molecular weight is 1200 g/mol. The Hall–Kier alpha value is -7.83. The minimum atomic E-state index is -0.822. The summed E-state index contributed by atoms with van der Waals surface area (Å²) >= 11 is 1.23. The first-order chi connectivity index (χ1) is 40.2. The van der Waals surface area contributed by atoms with Gasteiger partial charge in [-0.2, -0.15) is 10.5 Å². The summed E-state index contributed by atoms with van der Waals surface area (Å²) in [5.74, 6) is -0.761. The zero-order valence-corrected chi connectivity index (χ0v) is 49.7. The lowest BCUT2D eigenvalue weighted by Gasteiger charge is -2.60. The number of carbonyl (C=O) groups excluding carboxylic acids is 5. The number of benzene rings is 3. The summed E-state index contributed by atoms with van der Waals surface area (Å²) < 4.78 is 25.0. The molecule has 6 unspecified atom stereocenters. The van der Waals surface area contributed by atoms with Gasteiger partial charge in [0.15, 0.2) is 46.1 Å². The third-order valence-corrected chi connectivity index (χ3v) is 19.1. The van der Waals surface area contributed by atoms with Gasteiger partial charge in [0.2, 0.25) is 17.5 Å². The minimum Gasteiger partial charge on any atom is -0.504 e. The molecule has 2 fully saturated rings. The Morgan fingerprint density at radius 1 is 0.709 bits per heavy atom. The summed E-state index contributed by atoms with van der Waals surface area (Å²) in [5, 5.41) is 46.9. The van der Waals surface area contributed by atoms with Crippen LogP contribution in [0.1, 0.15) is 93.9 Å². The molecular formula is C64H78N10O11S. The Kier molecular flexibility index (Phi) is 18.8. The highest BCUT2D eigenvalue weighted by Crippen LogP contribution is 2.56. The largest absolute Gasteiger partial charge is 0.504 e. The summed E-state index contributed by atoms with van der Waals surface area (Å²) in [4.78, 5) is 80.8. The molecule has 456 valence electrons.